The number of fused-ring (bicyclic) bond motifs is 1. The van der Waals surface area contributed by atoms with Crippen LogP contribution in [0.2, 0.25) is 0 Å². The molecular weight excluding hydrogens is 587 g/mol. The van der Waals surface area contributed by atoms with Crippen LogP contribution >= 0.6 is 0 Å². The average molecular weight is 625 g/mol. The number of anilines is 2. The zero-order valence-corrected chi connectivity index (χ0v) is 25.2. The van der Waals surface area contributed by atoms with Crippen LogP contribution in [0.4, 0.5) is 33.6 Å². The van der Waals surface area contributed by atoms with Gasteiger partial charge in [-0.3, -0.25) is 9.59 Å². The van der Waals surface area contributed by atoms with Gasteiger partial charge in [0.15, 0.2) is 12.3 Å². The number of benzene rings is 1. The second-order valence-electron chi connectivity index (χ2n) is 12.2. The van der Waals surface area contributed by atoms with Gasteiger partial charge in [0.2, 0.25) is 17.7 Å². The van der Waals surface area contributed by atoms with Crippen molar-refractivity contribution >= 4 is 34.6 Å². The molecule has 0 unspecified atom stereocenters. The van der Waals surface area contributed by atoms with Gasteiger partial charge in [-0.15, -0.1) is 0 Å². The number of amides is 2. The predicted octanol–water partition coefficient (Wildman–Crippen LogP) is 6.48. The number of aromatic nitrogens is 3. The molecular formula is C30H37F5N6O3. The topological polar surface area (TPSA) is 121 Å². The fourth-order valence-electron chi connectivity index (χ4n) is 5.06. The van der Waals surface area contributed by atoms with E-state index in [0.29, 0.717) is 12.1 Å². The summed E-state index contributed by atoms with van der Waals surface area (Å²) in [5, 5.41) is 8.86. The first-order valence-corrected chi connectivity index (χ1v) is 14.4. The molecule has 2 amide bonds. The van der Waals surface area contributed by atoms with E-state index in [1.165, 1.54) is 6.07 Å². The third-order valence-corrected chi connectivity index (χ3v) is 7.70. The predicted molar refractivity (Wildman–Crippen MR) is 155 cm³/mol. The van der Waals surface area contributed by atoms with Crippen LogP contribution in [0, 0.1) is 25.2 Å². The third kappa shape index (κ3) is 7.94. The quantitative estimate of drug-likeness (QED) is 0.203. The lowest BCUT2D eigenvalue weighted by Crippen LogP contribution is -2.40. The van der Waals surface area contributed by atoms with Crippen LogP contribution in [0.3, 0.4) is 0 Å². The largest absolute Gasteiger partial charge is 0.471 e. The maximum absolute atomic E-state index is 13.2. The summed E-state index contributed by atoms with van der Waals surface area (Å²) in [5.41, 5.74) is 3.10. The second-order valence-corrected chi connectivity index (χ2v) is 12.2. The molecule has 4 rings (SSSR count). The van der Waals surface area contributed by atoms with Crippen molar-refractivity contribution in [3.63, 3.8) is 0 Å². The van der Waals surface area contributed by atoms with E-state index in [1.807, 2.05) is 46.8 Å². The summed E-state index contributed by atoms with van der Waals surface area (Å²) in [4.78, 5) is 37.2. The van der Waals surface area contributed by atoms with Crippen LogP contribution in [0.1, 0.15) is 73.5 Å². The third-order valence-electron chi connectivity index (χ3n) is 7.70. The fraction of sp³-hybridized carbons (Fsp3) is 0.533. The first-order chi connectivity index (χ1) is 20.5. The summed E-state index contributed by atoms with van der Waals surface area (Å²) in [5.74, 6) is -2.29. The van der Waals surface area contributed by atoms with Crippen LogP contribution in [0.15, 0.2) is 18.2 Å². The molecule has 0 atom stereocenters. The van der Waals surface area contributed by atoms with E-state index >= 15 is 0 Å². The van der Waals surface area contributed by atoms with E-state index in [1.54, 1.807) is 0 Å². The van der Waals surface area contributed by atoms with Crippen LogP contribution in [-0.2, 0) is 11.3 Å². The Hall–Kier alpha value is -3.97. The number of rotatable bonds is 9. The van der Waals surface area contributed by atoms with Crippen LogP contribution < -0.4 is 20.7 Å². The zero-order valence-electron chi connectivity index (χ0n) is 25.2. The molecule has 44 heavy (non-hydrogen) atoms. The van der Waals surface area contributed by atoms with Gasteiger partial charge in [-0.1, -0.05) is 32.9 Å². The average Bonchev–Trinajstić information content (AvgIpc) is 3.33. The molecule has 1 aromatic carbocycles. The van der Waals surface area contributed by atoms with Gasteiger partial charge in [0.25, 0.3) is 12.3 Å². The van der Waals surface area contributed by atoms with Crippen molar-refractivity contribution in [1.29, 1.82) is 0 Å². The molecule has 1 fully saturated rings. The van der Waals surface area contributed by atoms with Crippen LogP contribution in [-0.4, -0.2) is 52.0 Å². The van der Waals surface area contributed by atoms with Crippen molar-refractivity contribution in [3.8, 4) is 5.88 Å². The smallest absolute Gasteiger partial charge is 0.391 e. The molecule has 1 aliphatic carbocycles. The van der Waals surface area contributed by atoms with Gasteiger partial charge in [0, 0.05) is 23.7 Å². The van der Waals surface area contributed by atoms with Gasteiger partial charge in [-0.2, -0.15) is 23.1 Å². The molecule has 1 aliphatic rings. The van der Waals surface area contributed by atoms with Crippen molar-refractivity contribution in [2.45, 2.75) is 85.5 Å². The summed E-state index contributed by atoms with van der Waals surface area (Å²) in [6.07, 6.45) is -7.07. The molecule has 3 aromatic rings. The number of nitrogens with zero attached hydrogens (tertiary/aromatic N) is 2. The van der Waals surface area contributed by atoms with Crippen molar-refractivity contribution in [1.82, 2.24) is 25.6 Å². The van der Waals surface area contributed by atoms with Crippen molar-refractivity contribution in [2.75, 3.05) is 11.9 Å². The highest BCUT2D eigenvalue weighted by Gasteiger charge is 2.41. The molecule has 2 heterocycles. The van der Waals surface area contributed by atoms with E-state index in [9.17, 15) is 31.5 Å². The summed E-state index contributed by atoms with van der Waals surface area (Å²) in [6.45, 7) is 8.59. The number of nitrogens with one attached hydrogen (secondary N) is 4. The number of carbonyl (C=O) groups excluding carboxylic acids is 2. The van der Waals surface area contributed by atoms with E-state index < -0.39 is 42.5 Å². The van der Waals surface area contributed by atoms with Crippen molar-refractivity contribution in [2.24, 2.45) is 11.3 Å². The number of hydrogen-bond acceptors (Lipinski definition) is 6. The first kappa shape index (κ1) is 32.9. The first-order valence-electron chi connectivity index (χ1n) is 14.4. The van der Waals surface area contributed by atoms with Gasteiger partial charge in [-0.05, 0) is 62.3 Å². The number of hydrogen-bond donors (Lipinski definition) is 4. The maximum Gasteiger partial charge on any atom is 0.391 e. The standard InChI is InChI=1S/C30H37F5N6O3/c1-15-6-7-17(13-36-27(43)29(3,4)5)16(2)23(15)39-28-38-21-12-20(26(40-24(21)41-28)44-14-22(31)32)25(42)37-19-10-8-18(9-11-19)30(33,34)35/h6-7,12,18-19,22H,8-11,13-14H2,1-5H3,(H,36,43)(H,37,42)(H2,38,39,40,41). The Kier molecular flexibility index (Phi) is 9.69. The van der Waals surface area contributed by atoms with Crippen molar-refractivity contribution < 1.29 is 36.3 Å². The van der Waals surface area contributed by atoms with E-state index in [4.69, 9.17) is 4.74 Å². The van der Waals surface area contributed by atoms with E-state index in [2.05, 4.69) is 30.9 Å². The summed E-state index contributed by atoms with van der Waals surface area (Å²) in [6, 6.07) is 4.68. The molecule has 0 spiro atoms. The molecule has 0 aliphatic heterocycles. The fourth-order valence-corrected chi connectivity index (χ4v) is 5.06. The van der Waals surface area contributed by atoms with Gasteiger partial charge in [0.1, 0.15) is 5.56 Å². The second kappa shape index (κ2) is 12.9. The lowest BCUT2D eigenvalue weighted by Gasteiger charge is -2.30. The Morgan fingerprint density at radius 1 is 1.07 bits per heavy atom. The number of imidazole rings is 1. The Balaban J connectivity index is 1.56. The van der Waals surface area contributed by atoms with Crippen molar-refractivity contribution in [3.05, 3.63) is 40.5 Å². The lowest BCUT2D eigenvalue weighted by molar-refractivity contribution is -0.182. The summed E-state index contributed by atoms with van der Waals surface area (Å²) < 4.78 is 70.3. The maximum atomic E-state index is 13.2. The van der Waals surface area contributed by atoms with Gasteiger partial charge >= 0.3 is 6.18 Å². The number of H-pyrrole nitrogens is 1. The lowest BCUT2D eigenvalue weighted by atomic mass is 9.85. The highest BCUT2D eigenvalue weighted by molar-refractivity contribution is 5.99. The highest BCUT2D eigenvalue weighted by atomic mass is 19.4. The SMILES string of the molecule is Cc1ccc(CNC(=O)C(C)(C)C)c(C)c1Nc1nc2nc(OCC(F)F)c(C(=O)NC3CCC(C(F)(F)F)CC3)cc2[nH]1. The Labute approximate surface area is 251 Å². The molecule has 0 saturated heterocycles. The monoisotopic (exact) mass is 624 g/mol. The summed E-state index contributed by atoms with van der Waals surface area (Å²) in [7, 11) is 0. The van der Waals surface area contributed by atoms with E-state index in [0.717, 1.165) is 22.4 Å². The Morgan fingerprint density at radius 2 is 1.75 bits per heavy atom. The van der Waals surface area contributed by atoms with Gasteiger partial charge in [0.05, 0.1) is 11.4 Å². The minimum atomic E-state index is -4.28. The molecule has 0 radical (unpaired) electrons. The van der Waals surface area contributed by atoms with E-state index in [-0.39, 0.29) is 54.6 Å². The molecule has 1 saturated carbocycles. The normalized spacial score (nSPS) is 17.5. The number of halogens is 5. The van der Waals surface area contributed by atoms with Gasteiger partial charge in [-0.25, -0.2) is 8.78 Å². The van der Waals surface area contributed by atoms with Crippen LogP contribution in [0.5, 0.6) is 5.88 Å². The van der Waals surface area contributed by atoms with Gasteiger partial charge < -0.3 is 25.7 Å². The molecule has 4 N–H and O–H groups in total. The highest BCUT2D eigenvalue weighted by Crippen LogP contribution is 2.37. The number of pyridine rings is 1. The number of carbonyl (C=O) groups is 2. The minimum Gasteiger partial charge on any atom is -0.471 e. The molecule has 240 valence electrons. The minimum absolute atomic E-state index is 0.0889. The molecule has 9 nitrogen and oxygen atoms in total. The number of aryl methyl sites for hydroxylation is 1. The molecule has 14 heteroatoms. The summed E-state index contributed by atoms with van der Waals surface area (Å²) >= 11 is 0. The number of ether oxygens (including phenoxy) is 1. The zero-order chi connectivity index (χ0) is 32.4. The number of alkyl halides is 5. The Morgan fingerprint density at radius 3 is 2.36 bits per heavy atom. The Bertz CT molecular complexity index is 1510. The number of aromatic amines is 1. The molecule has 0 bridgehead atoms. The van der Waals surface area contributed by atoms with Crippen LogP contribution in [0.25, 0.3) is 11.2 Å². The molecule has 2 aromatic heterocycles.